The standard InChI is InChI=1S/C17H16O6/c1-2-12-20-17(19)22-23-21-16(18)15-11-7-6-10-14(15)13-8-4-3-5-9-13/h3-11H,2,12H2,1H3. The predicted octanol–water partition coefficient (Wildman–Crippen LogP) is 3.92. The van der Waals surface area contributed by atoms with Gasteiger partial charge in [0.15, 0.2) is 0 Å². The van der Waals surface area contributed by atoms with Crippen molar-refractivity contribution in [1.82, 2.24) is 0 Å². The molecule has 0 atom stereocenters. The zero-order valence-corrected chi connectivity index (χ0v) is 12.6. The van der Waals surface area contributed by atoms with E-state index in [9.17, 15) is 9.59 Å². The number of benzene rings is 2. The van der Waals surface area contributed by atoms with Gasteiger partial charge in [0.05, 0.1) is 17.2 Å². The third-order valence-corrected chi connectivity index (χ3v) is 2.87. The minimum atomic E-state index is -1.07. The van der Waals surface area contributed by atoms with Gasteiger partial charge >= 0.3 is 12.1 Å². The summed E-state index contributed by atoms with van der Waals surface area (Å²) in [4.78, 5) is 31.8. The van der Waals surface area contributed by atoms with Gasteiger partial charge in [-0.1, -0.05) is 55.5 Å². The Morgan fingerprint density at radius 3 is 2.35 bits per heavy atom. The second kappa shape index (κ2) is 8.55. The minimum Gasteiger partial charge on any atom is -0.432 e. The summed E-state index contributed by atoms with van der Waals surface area (Å²) in [5, 5.41) is 4.18. The highest BCUT2D eigenvalue weighted by Gasteiger charge is 2.16. The maximum atomic E-state index is 12.1. The number of carbonyl (C=O) groups excluding carboxylic acids is 2. The normalized spacial score (nSPS) is 9.96. The molecule has 0 saturated heterocycles. The Kier molecular flexibility index (Phi) is 6.14. The molecule has 120 valence electrons. The molecule has 2 rings (SSSR count). The van der Waals surface area contributed by atoms with Gasteiger partial charge in [0.25, 0.3) is 0 Å². The topological polar surface area (TPSA) is 71.1 Å². The maximum absolute atomic E-state index is 12.1. The maximum Gasteiger partial charge on any atom is 0.543 e. The van der Waals surface area contributed by atoms with Crippen molar-refractivity contribution < 1.29 is 29.1 Å². The molecule has 2 aromatic rings. The molecule has 0 aliphatic carbocycles. The highest BCUT2D eigenvalue weighted by molar-refractivity contribution is 5.96. The lowest BCUT2D eigenvalue weighted by Gasteiger charge is -2.08. The number of ether oxygens (including phenoxy) is 1. The first-order valence-corrected chi connectivity index (χ1v) is 7.09. The first kappa shape index (κ1) is 16.5. The van der Waals surface area contributed by atoms with Crippen molar-refractivity contribution in [2.75, 3.05) is 6.61 Å². The Hall–Kier alpha value is -2.86. The Morgan fingerprint density at radius 2 is 1.61 bits per heavy atom. The van der Waals surface area contributed by atoms with Gasteiger partial charge in [0.1, 0.15) is 0 Å². The Morgan fingerprint density at radius 1 is 0.913 bits per heavy atom. The molecule has 0 bridgehead atoms. The van der Waals surface area contributed by atoms with E-state index in [1.165, 1.54) is 0 Å². The number of carbonyl (C=O) groups is 2. The third-order valence-electron chi connectivity index (χ3n) is 2.87. The fourth-order valence-corrected chi connectivity index (χ4v) is 1.86. The van der Waals surface area contributed by atoms with Crippen molar-refractivity contribution >= 4 is 12.1 Å². The highest BCUT2D eigenvalue weighted by atomic mass is 17.5. The first-order valence-electron chi connectivity index (χ1n) is 7.09. The van der Waals surface area contributed by atoms with Crippen LogP contribution in [0.4, 0.5) is 4.79 Å². The zero-order chi connectivity index (χ0) is 16.5. The molecule has 0 aliphatic rings. The SMILES string of the molecule is CCCOC(=O)OOOC(=O)c1ccccc1-c1ccccc1. The molecule has 0 N–H and O–H groups in total. The van der Waals surface area contributed by atoms with Gasteiger partial charge in [-0.3, -0.25) is 4.89 Å². The van der Waals surface area contributed by atoms with Gasteiger partial charge in [-0.05, 0) is 23.6 Å². The molecule has 0 fully saturated rings. The molecule has 0 aromatic heterocycles. The molecule has 23 heavy (non-hydrogen) atoms. The van der Waals surface area contributed by atoms with E-state index in [0.29, 0.717) is 12.0 Å². The van der Waals surface area contributed by atoms with Crippen molar-refractivity contribution in [3.8, 4) is 11.1 Å². The van der Waals surface area contributed by atoms with Crippen LogP contribution in [0, 0.1) is 0 Å². The summed E-state index contributed by atoms with van der Waals surface area (Å²) in [6.45, 7) is 2.02. The summed E-state index contributed by atoms with van der Waals surface area (Å²) < 4.78 is 4.59. The van der Waals surface area contributed by atoms with Crippen molar-refractivity contribution in [3.63, 3.8) is 0 Å². The lowest BCUT2D eigenvalue weighted by atomic mass is 10.00. The van der Waals surface area contributed by atoms with Crippen LogP contribution in [0.2, 0.25) is 0 Å². The Balaban J connectivity index is 1.99. The van der Waals surface area contributed by atoms with E-state index < -0.39 is 12.1 Å². The van der Waals surface area contributed by atoms with E-state index in [2.05, 4.69) is 19.6 Å². The minimum absolute atomic E-state index is 0.187. The van der Waals surface area contributed by atoms with Crippen LogP contribution in [0.1, 0.15) is 23.7 Å². The van der Waals surface area contributed by atoms with Crippen molar-refractivity contribution in [1.29, 1.82) is 0 Å². The molecule has 0 aliphatic heterocycles. The lowest BCUT2D eigenvalue weighted by Crippen LogP contribution is -2.13. The van der Waals surface area contributed by atoms with Crippen molar-refractivity contribution in [2.24, 2.45) is 0 Å². The van der Waals surface area contributed by atoms with Crippen LogP contribution < -0.4 is 0 Å². The van der Waals surface area contributed by atoms with Crippen molar-refractivity contribution in [2.45, 2.75) is 13.3 Å². The molecular formula is C17H16O6. The fourth-order valence-electron chi connectivity index (χ4n) is 1.86. The smallest absolute Gasteiger partial charge is 0.432 e. The molecule has 0 saturated carbocycles. The van der Waals surface area contributed by atoms with E-state index in [1.54, 1.807) is 24.3 Å². The van der Waals surface area contributed by atoms with E-state index in [0.717, 1.165) is 5.56 Å². The highest BCUT2D eigenvalue weighted by Crippen LogP contribution is 2.24. The molecule has 6 heteroatoms. The van der Waals surface area contributed by atoms with Gasteiger partial charge in [-0.2, -0.15) is 0 Å². The summed E-state index contributed by atoms with van der Waals surface area (Å²) in [5.41, 5.74) is 1.81. The van der Waals surface area contributed by atoms with Crippen LogP contribution >= 0.6 is 0 Å². The molecule has 0 heterocycles. The summed E-state index contributed by atoms with van der Waals surface area (Å²) in [6, 6.07) is 16.2. The average Bonchev–Trinajstić information content (AvgIpc) is 2.60. The summed E-state index contributed by atoms with van der Waals surface area (Å²) in [6.07, 6.45) is -0.435. The quantitative estimate of drug-likeness (QED) is 0.457. The van der Waals surface area contributed by atoms with Gasteiger partial charge in [0, 0.05) is 0 Å². The number of hydrogen-bond acceptors (Lipinski definition) is 6. The first-order chi connectivity index (χ1) is 11.2. The van der Waals surface area contributed by atoms with Crippen LogP contribution in [0.3, 0.4) is 0 Å². The molecular weight excluding hydrogens is 300 g/mol. The molecule has 0 amide bonds. The Labute approximate surface area is 133 Å². The largest absolute Gasteiger partial charge is 0.543 e. The van der Waals surface area contributed by atoms with Crippen LogP contribution in [0.5, 0.6) is 0 Å². The summed E-state index contributed by atoms with van der Waals surface area (Å²) in [5.74, 6) is -0.784. The van der Waals surface area contributed by atoms with Gasteiger partial charge in [0.2, 0.25) is 0 Å². The molecule has 6 nitrogen and oxygen atoms in total. The van der Waals surface area contributed by atoms with E-state index in [4.69, 9.17) is 0 Å². The van der Waals surface area contributed by atoms with Gasteiger partial charge < -0.3 is 4.74 Å². The molecule has 0 spiro atoms. The summed E-state index contributed by atoms with van der Waals surface area (Å²) >= 11 is 0. The van der Waals surface area contributed by atoms with E-state index in [1.807, 2.05) is 37.3 Å². The molecule has 0 unspecified atom stereocenters. The predicted molar refractivity (Wildman–Crippen MR) is 81.1 cm³/mol. The second-order valence-corrected chi connectivity index (χ2v) is 4.53. The monoisotopic (exact) mass is 316 g/mol. The van der Waals surface area contributed by atoms with E-state index in [-0.39, 0.29) is 12.2 Å². The van der Waals surface area contributed by atoms with E-state index >= 15 is 0 Å². The fraction of sp³-hybridized carbons (Fsp3) is 0.176. The van der Waals surface area contributed by atoms with Crippen molar-refractivity contribution in [3.05, 3.63) is 60.2 Å². The van der Waals surface area contributed by atoms with Crippen LogP contribution in [-0.2, 0) is 19.6 Å². The molecule has 0 radical (unpaired) electrons. The van der Waals surface area contributed by atoms with Gasteiger partial charge in [-0.25, -0.2) is 14.5 Å². The Bertz CT molecular complexity index is 653. The van der Waals surface area contributed by atoms with Crippen LogP contribution in [0.25, 0.3) is 11.1 Å². The summed E-state index contributed by atoms with van der Waals surface area (Å²) in [7, 11) is 0. The number of hydrogen-bond donors (Lipinski definition) is 0. The molecule has 2 aromatic carbocycles. The van der Waals surface area contributed by atoms with Gasteiger partial charge in [-0.15, -0.1) is 0 Å². The second-order valence-electron chi connectivity index (χ2n) is 4.53. The zero-order valence-electron chi connectivity index (χ0n) is 12.6. The third kappa shape index (κ3) is 4.82. The van der Waals surface area contributed by atoms with Crippen LogP contribution in [-0.4, -0.2) is 18.7 Å². The van der Waals surface area contributed by atoms with Crippen LogP contribution in [0.15, 0.2) is 54.6 Å². The average molecular weight is 316 g/mol. The number of rotatable bonds is 6. The lowest BCUT2D eigenvalue weighted by molar-refractivity contribution is -0.452.